The third kappa shape index (κ3) is 3.13. The van der Waals surface area contributed by atoms with Crippen LogP contribution in [0.1, 0.15) is 38.2 Å². The summed E-state index contributed by atoms with van der Waals surface area (Å²) >= 11 is 0. The summed E-state index contributed by atoms with van der Waals surface area (Å²) in [4.78, 5) is 38.7. The van der Waals surface area contributed by atoms with E-state index in [1.807, 2.05) is 49.4 Å². The molecule has 1 N–H and O–H groups in total. The number of nitrogens with zero attached hydrogens (tertiary/aromatic N) is 1. The minimum Gasteiger partial charge on any atom is -0.459 e. The summed E-state index contributed by atoms with van der Waals surface area (Å²) < 4.78 is 5.38. The number of hydrogen-bond donors (Lipinski definition) is 1. The van der Waals surface area contributed by atoms with Crippen molar-refractivity contribution in [3.05, 3.63) is 48.0 Å². The lowest BCUT2D eigenvalue weighted by Crippen LogP contribution is -2.54. The molecule has 2 aromatic rings. The first-order chi connectivity index (χ1) is 13.5. The molecule has 146 valence electrons. The van der Waals surface area contributed by atoms with Crippen LogP contribution in [-0.4, -0.2) is 34.9 Å². The summed E-state index contributed by atoms with van der Waals surface area (Å²) in [6, 6.07) is 13.2. The molecule has 6 heteroatoms. The average molecular weight is 380 g/mol. The van der Waals surface area contributed by atoms with E-state index in [1.165, 1.54) is 0 Å². The van der Waals surface area contributed by atoms with Crippen molar-refractivity contribution < 1.29 is 19.1 Å². The van der Waals surface area contributed by atoms with Crippen molar-refractivity contribution in [2.24, 2.45) is 5.92 Å². The second-order valence-electron chi connectivity index (χ2n) is 7.74. The quantitative estimate of drug-likeness (QED) is 0.652. The van der Waals surface area contributed by atoms with E-state index >= 15 is 0 Å². The normalized spacial score (nSPS) is 24.6. The number of urea groups is 1. The van der Waals surface area contributed by atoms with Crippen molar-refractivity contribution in [2.75, 3.05) is 6.54 Å². The molecular weight excluding hydrogens is 356 g/mol. The number of rotatable bonds is 4. The molecule has 2 fully saturated rings. The van der Waals surface area contributed by atoms with Gasteiger partial charge < -0.3 is 10.1 Å². The largest absolute Gasteiger partial charge is 0.459 e. The number of nitrogens with one attached hydrogen (secondary N) is 1. The van der Waals surface area contributed by atoms with Gasteiger partial charge in [-0.15, -0.1) is 0 Å². The van der Waals surface area contributed by atoms with Gasteiger partial charge in [0, 0.05) is 0 Å². The minimum absolute atomic E-state index is 0.0643. The van der Waals surface area contributed by atoms with Crippen LogP contribution in [0.2, 0.25) is 0 Å². The minimum atomic E-state index is -0.856. The SMILES string of the molecule is C[C@@H]1CCCC[C@]12NC(=O)N(CC(=O)OCc1cccc3ccccc13)C2=O. The van der Waals surface area contributed by atoms with Crippen LogP contribution in [0.15, 0.2) is 42.5 Å². The third-order valence-corrected chi connectivity index (χ3v) is 6.06. The van der Waals surface area contributed by atoms with E-state index in [2.05, 4.69) is 5.32 Å². The van der Waals surface area contributed by atoms with E-state index in [-0.39, 0.29) is 25.0 Å². The highest BCUT2D eigenvalue weighted by Crippen LogP contribution is 2.38. The molecule has 2 aliphatic rings. The number of imide groups is 1. The summed E-state index contributed by atoms with van der Waals surface area (Å²) in [5, 5.41) is 4.94. The number of amides is 3. The molecule has 3 amide bonds. The molecule has 1 aliphatic carbocycles. The Balaban J connectivity index is 1.42. The van der Waals surface area contributed by atoms with Gasteiger partial charge in [0.15, 0.2) is 0 Å². The predicted molar refractivity (Wildman–Crippen MR) is 104 cm³/mol. The monoisotopic (exact) mass is 380 g/mol. The van der Waals surface area contributed by atoms with Crippen molar-refractivity contribution in [2.45, 2.75) is 44.8 Å². The topological polar surface area (TPSA) is 75.7 Å². The van der Waals surface area contributed by atoms with Crippen LogP contribution in [0.25, 0.3) is 10.8 Å². The average Bonchev–Trinajstić information content (AvgIpc) is 2.93. The maximum absolute atomic E-state index is 12.9. The zero-order valence-corrected chi connectivity index (χ0v) is 15.9. The summed E-state index contributed by atoms with van der Waals surface area (Å²) in [7, 11) is 0. The number of benzene rings is 2. The molecule has 4 rings (SSSR count). The second-order valence-corrected chi connectivity index (χ2v) is 7.74. The Morgan fingerprint density at radius 1 is 1.18 bits per heavy atom. The molecular formula is C22H24N2O4. The van der Waals surface area contributed by atoms with Gasteiger partial charge in [0.05, 0.1) is 0 Å². The number of hydrogen-bond acceptors (Lipinski definition) is 4. The molecule has 0 aromatic heterocycles. The molecule has 28 heavy (non-hydrogen) atoms. The summed E-state index contributed by atoms with van der Waals surface area (Å²) in [6.07, 6.45) is 3.47. The van der Waals surface area contributed by atoms with Crippen LogP contribution < -0.4 is 5.32 Å². The number of carbonyl (C=O) groups is 3. The van der Waals surface area contributed by atoms with Gasteiger partial charge in [0.2, 0.25) is 0 Å². The maximum Gasteiger partial charge on any atom is 0.326 e. The van der Waals surface area contributed by atoms with Crippen molar-refractivity contribution in [3.63, 3.8) is 0 Å². The molecule has 0 unspecified atom stereocenters. The molecule has 6 nitrogen and oxygen atoms in total. The fraction of sp³-hybridized carbons (Fsp3) is 0.409. The molecule has 1 saturated carbocycles. The van der Waals surface area contributed by atoms with Gasteiger partial charge in [-0.05, 0) is 35.1 Å². The van der Waals surface area contributed by atoms with E-state index in [9.17, 15) is 14.4 Å². The highest BCUT2D eigenvalue weighted by Gasteiger charge is 2.55. The number of fused-ring (bicyclic) bond motifs is 1. The van der Waals surface area contributed by atoms with Crippen LogP contribution in [-0.2, 0) is 20.9 Å². The van der Waals surface area contributed by atoms with E-state index in [1.54, 1.807) is 0 Å². The molecule has 1 aliphatic heterocycles. The van der Waals surface area contributed by atoms with Crippen LogP contribution in [0.5, 0.6) is 0 Å². The highest BCUT2D eigenvalue weighted by atomic mass is 16.5. The molecule has 2 aromatic carbocycles. The molecule has 0 radical (unpaired) electrons. The first-order valence-electron chi connectivity index (χ1n) is 9.77. The van der Waals surface area contributed by atoms with Gasteiger partial charge in [-0.2, -0.15) is 0 Å². The first kappa shape index (κ1) is 18.5. The molecule has 1 spiro atoms. The van der Waals surface area contributed by atoms with Crippen LogP contribution >= 0.6 is 0 Å². The van der Waals surface area contributed by atoms with Crippen LogP contribution in [0, 0.1) is 5.92 Å². The van der Waals surface area contributed by atoms with E-state index < -0.39 is 17.5 Å². The second kappa shape index (κ2) is 7.26. The lowest BCUT2D eigenvalue weighted by atomic mass is 9.73. The van der Waals surface area contributed by atoms with E-state index in [4.69, 9.17) is 4.74 Å². The van der Waals surface area contributed by atoms with Crippen LogP contribution in [0.3, 0.4) is 0 Å². The van der Waals surface area contributed by atoms with Crippen molar-refractivity contribution in [1.82, 2.24) is 10.2 Å². The van der Waals surface area contributed by atoms with Crippen LogP contribution in [0.4, 0.5) is 4.79 Å². The zero-order valence-electron chi connectivity index (χ0n) is 15.9. The van der Waals surface area contributed by atoms with Crippen molar-refractivity contribution in [1.29, 1.82) is 0 Å². The Morgan fingerprint density at radius 3 is 2.79 bits per heavy atom. The predicted octanol–water partition coefficient (Wildman–Crippen LogP) is 3.38. The standard InChI is InChI=1S/C22H24N2O4/c1-15-7-4-5-12-22(15)20(26)24(21(27)23-22)13-19(25)28-14-17-10-6-9-16-8-2-3-11-18(16)17/h2-3,6,8-11,15H,4-5,7,12-14H2,1H3,(H,23,27)/t15-,22+/m1/s1. The third-order valence-electron chi connectivity index (χ3n) is 6.06. The Hall–Kier alpha value is -2.89. The van der Waals surface area contributed by atoms with Crippen molar-refractivity contribution in [3.8, 4) is 0 Å². The molecule has 1 saturated heterocycles. The van der Waals surface area contributed by atoms with Gasteiger partial charge >= 0.3 is 12.0 Å². The fourth-order valence-corrected chi connectivity index (χ4v) is 4.39. The number of ether oxygens (including phenoxy) is 1. The molecule has 0 bridgehead atoms. The summed E-state index contributed by atoms with van der Waals surface area (Å²) in [5.41, 5.74) is 0.0339. The lowest BCUT2D eigenvalue weighted by Gasteiger charge is -2.36. The highest BCUT2D eigenvalue weighted by molar-refractivity contribution is 6.09. The number of carbonyl (C=O) groups excluding carboxylic acids is 3. The lowest BCUT2D eigenvalue weighted by molar-refractivity contribution is -0.149. The first-order valence-corrected chi connectivity index (χ1v) is 9.77. The Morgan fingerprint density at radius 2 is 1.96 bits per heavy atom. The molecule has 1 heterocycles. The van der Waals surface area contributed by atoms with Gasteiger partial charge in [-0.25, -0.2) is 4.79 Å². The Labute approximate surface area is 163 Å². The van der Waals surface area contributed by atoms with Gasteiger partial charge in [-0.1, -0.05) is 62.2 Å². The van der Waals surface area contributed by atoms with E-state index in [0.717, 1.165) is 40.5 Å². The van der Waals surface area contributed by atoms with Gasteiger partial charge in [-0.3, -0.25) is 14.5 Å². The fourth-order valence-electron chi connectivity index (χ4n) is 4.39. The van der Waals surface area contributed by atoms with Gasteiger partial charge in [0.25, 0.3) is 5.91 Å². The maximum atomic E-state index is 12.9. The number of esters is 1. The van der Waals surface area contributed by atoms with E-state index in [0.29, 0.717) is 6.42 Å². The zero-order chi connectivity index (χ0) is 19.7. The smallest absolute Gasteiger partial charge is 0.326 e. The Kier molecular flexibility index (Phi) is 4.79. The molecule has 2 atom stereocenters. The Bertz CT molecular complexity index is 936. The van der Waals surface area contributed by atoms with Crippen molar-refractivity contribution >= 4 is 28.7 Å². The summed E-state index contributed by atoms with van der Waals surface area (Å²) in [6.45, 7) is 1.73. The summed E-state index contributed by atoms with van der Waals surface area (Å²) in [5.74, 6) is -0.821. The van der Waals surface area contributed by atoms with Gasteiger partial charge in [0.1, 0.15) is 18.7 Å².